The van der Waals surface area contributed by atoms with E-state index in [1.165, 1.54) is 4.31 Å². The molecule has 2 aromatic carbocycles. The summed E-state index contributed by atoms with van der Waals surface area (Å²) < 4.78 is 27.7. The Morgan fingerprint density at radius 2 is 1.70 bits per heavy atom. The fourth-order valence-corrected chi connectivity index (χ4v) is 5.97. The number of rotatable bonds is 5. The van der Waals surface area contributed by atoms with Crippen LogP contribution in [0.25, 0.3) is 11.1 Å². The van der Waals surface area contributed by atoms with Crippen molar-refractivity contribution in [1.29, 1.82) is 0 Å². The van der Waals surface area contributed by atoms with Gasteiger partial charge >= 0.3 is 0 Å². The number of nitrogens with zero attached hydrogens (tertiary/aromatic N) is 2. The molecule has 1 saturated heterocycles. The second-order valence-corrected chi connectivity index (χ2v) is 9.65. The summed E-state index contributed by atoms with van der Waals surface area (Å²) in [5.41, 5.74) is 3.74. The molecule has 3 aromatic rings. The molecule has 7 heteroatoms. The Bertz CT molecular complexity index is 1130. The molecule has 2 heterocycles. The molecular weight excluding hydrogens is 398 g/mol. The molecule has 0 bridgehead atoms. The lowest BCUT2D eigenvalue weighted by Gasteiger charge is -2.31. The number of nitrogens with one attached hydrogen (secondary N) is 1. The van der Waals surface area contributed by atoms with E-state index in [2.05, 4.69) is 10.2 Å². The highest BCUT2D eigenvalue weighted by atomic mass is 32.2. The van der Waals surface area contributed by atoms with Crippen molar-refractivity contribution in [2.45, 2.75) is 31.6 Å². The van der Waals surface area contributed by atoms with Crippen molar-refractivity contribution < 1.29 is 13.2 Å². The summed E-state index contributed by atoms with van der Waals surface area (Å²) in [5.74, 6) is -0.348. The minimum atomic E-state index is -3.68. The summed E-state index contributed by atoms with van der Waals surface area (Å²) in [7, 11) is -3.68. The van der Waals surface area contributed by atoms with Crippen molar-refractivity contribution in [2.75, 3.05) is 13.1 Å². The van der Waals surface area contributed by atoms with E-state index in [4.69, 9.17) is 0 Å². The molecule has 4 rings (SSSR count). The van der Waals surface area contributed by atoms with E-state index < -0.39 is 10.0 Å². The zero-order valence-corrected chi connectivity index (χ0v) is 17.9. The SMILES string of the molecule is Cc1n[nH]c(C)c1S(=O)(=O)N1CCC[C@@H](C(=O)c2ccc(-c3ccccc3)cc2)C1. The highest BCUT2D eigenvalue weighted by molar-refractivity contribution is 7.89. The Kier molecular flexibility index (Phi) is 5.58. The lowest BCUT2D eigenvalue weighted by Crippen LogP contribution is -2.42. The van der Waals surface area contributed by atoms with Gasteiger partial charge < -0.3 is 0 Å². The number of carbonyl (C=O) groups excluding carboxylic acids is 1. The standard InChI is InChI=1S/C23H25N3O3S/c1-16-23(17(2)25-24-16)30(28,29)26-14-6-9-21(15-26)22(27)20-12-10-19(11-13-20)18-7-4-3-5-8-18/h3-5,7-8,10-13,21H,6,9,14-15H2,1-2H3,(H,24,25)/t21-/m1/s1. The molecule has 0 saturated carbocycles. The number of benzene rings is 2. The number of aromatic nitrogens is 2. The largest absolute Gasteiger partial charge is 0.294 e. The molecule has 1 aromatic heterocycles. The molecule has 1 aliphatic rings. The van der Waals surface area contributed by atoms with Crippen LogP contribution in [0.4, 0.5) is 0 Å². The number of ketones is 1. The van der Waals surface area contributed by atoms with Gasteiger partial charge in [0.05, 0.1) is 11.4 Å². The van der Waals surface area contributed by atoms with Crippen molar-refractivity contribution in [3.05, 3.63) is 71.5 Å². The normalized spacial score (nSPS) is 17.7. The van der Waals surface area contributed by atoms with Gasteiger partial charge in [0.15, 0.2) is 5.78 Å². The summed E-state index contributed by atoms with van der Waals surface area (Å²) in [6.07, 6.45) is 1.35. The maximum atomic E-state index is 13.2. The maximum absolute atomic E-state index is 13.2. The maximum Gasteiger partial charge on any atom is 0.246 e. The lowest BCUT2D eigenvalue weighted by molar-refractivity contribution is 0.0872. The van der Waals surface area contributed by atoms with Gasteiger partial charge in [-0.3, -0.25) is 9.89 Å². The lowest BCUT2D eigenvalue weighted by atomic mass is 9.90. The average molecular weight is 424 g/mol. The second kappa shape index (κ2) is 8.16. The third-order valence-corrected chi connectivity index (χ3v) is 7.82. The monoisotopic (exact) mass is 423 g/mol. The third-order valence-electron chi connectivity index (χ3n) is 5.69. The molecule has 1 fully saturated rings. The van der Waals surface area contributed by atoms with Crippen LogP contribution in [0.5, 0.6) is 0 Å². The number of hydrogen-bond acceptors (Lipinski definition) is 4. The Labute approximate surface area is 177 Å². The third kappa shape index (κ3) is 3.82. The fourth-order valence-electron chi connectivity index (χ4n) is 4.12. The van der Waals surface area contributed by atoms with Crippen LogP contribution in [0.3, 0.4) is 0 Å². The van der Waals surface area contributed by atoms with Crippen molar-refractivity contribution in [1.82, 2.24) is 14.5 Å². The van der Waals surface area contributed by atoms with Gasteiger partial charge in [-0.15, -0.1) is 0 Å². The van der Waals surface area contributed by atoms with E-state index in [0.717, 1.165) is 11.1 Å². The fraction of sp³-hybridized carbons (Fsp3) is 0.304. The van der Waals surface area contributed by atoms with Crippen LogP contribution >= 0.6 is 0 Å². The van der Waals surface area contributed by atoms with Crippen LogP contribution in [-0.2, 0) is 10.0 Å². The number of sulfonamides is 1. The zero-order valence-electron chi connectivity index (χ0n) is 17.1. The number of aryl methyl sites for hydroxylation is 2. The highest BCUT2D eigenvalue weighted by Gasteiger charge is 2.35. The molecule has 1 N–H and O–H groups in total. The number of aromatic amines is 1. The first-order chi connectivity index (χ1) is 14.4. The van der Waals surface area contributed by atoms with Crippen molar-refractivity contribution in [2.24, 2.45) is 5.92 Å². The topological polar surface area (TPSA) is 83.1 Å². The molecule has 6 nitrogen and oxygen atoms in total. The van der Waals surface area contributed by atoms with Crippen molar-refractivity contribution >= 4 is 15.8 Å². The highest BCUT2D eigenvalue weighted by Crippen LogP contribution is 2.29. The van der Waals surface area contributed by atoms with Crippen LogP contribution in [0, 0.1) is 19.8 Å². The minimum absolute atomic E-state index is 0.00449. The number of hydrogen-bond donors (Lipinski definition) is 1. The number of carbonyl (C=O) groups is 1. The first-order valence-corrected chi connectivity index (χ1v) is 11.5. The van der Waals surface area contributed by atoms with Crippen LogP contribution in [0.1, 0.15) is 34.6 Å². The predicted octanol–water partition coefficient (Wildman–Crippen LogP) is 3.98. The van der Waals surface area contributed by atoms with Gasteiger partial charge in [0.2, 0.25) is 10.0 Å². The van der Waals surface area contributed by atoms with E-state index in [9.17, 15) is 13.2 Å². The van der Waals surface area contributed by atoms with Gasteiger partial charge in [-0.2, -0.15) is 9.40 Å². The molecule has 1 atom stereocenters. The smallest absolute Gasteiger partial charge is 0.246 e. The minimum Gasteiger partial charge on any atom is -0.294 e. The van der Waals surface area contributed by atoms with Gasteiger partial charge in [-0.1, -0.05) is 54.6 Å². The molecule has 0 amide bonds. The van der Waals surface area contributed by atoms with Crippen molar-refractivity contribution in [3.8, 4) is 11.1 Å². The van der Waals surface area contributed by atoms with Gasteiger partial charge in [-0.25, -0.2) is 8.42 Å². The number of H-pyrrole nitrogens is 1. The predicted molar refractivity (Wildman–Crippen MR) is 116 cm³/mol. The summed E-state index contributed by atoms with van der Waals surface area (Å²) in [5, 5.41) is 6.75. The Morgan fingerprint density at radius 3 is 2.33 bits per heavy atom. The van der Waals surface area contributed by atoms with Gasteiger partial charge in [0.1, 0.15) is 4.90 Å². The molecule has 156 valence electrons. The molecular formula is C23H25N3O3S. The first kappa shape index (κ1) is 20.5. The van der Waals surface area contributed by atoms with E-state index in [1.54, 1.807) is 13.8 Å². The molecule has 30 heavy (non-hydrogen) atoms. The molecule has 0 unspecified atom stereocenters. The summed E-state index contributed by atoms with van der Waals surface area (Å²) >= 11 is 0. The van der Waals surface area contributed by atoms with E-state index >= 15 is 0 Å². The van der Waals surface area contributed by atoms with Gasteiger partial charge in [-0.05, 0) is 37.8 Å². The molecule has 0 aliphatic carbocycles. The second-order valence-electron chi connectivity index (χ2n) is 7.77. The Hall–Kier alpha value is -2.77. The van der Waals surface area contributed by atoms with Crippen LogP contribution < -0.4 is 0 Å². The number of Topliss-reactive ketones (excluding diaryl/α,β-unsaturated/α-hetero) is 1. The summed E-state index contributed by atoms with van der Waals surface area (Å²) in [6, 6.07) is 17.5. The van der Waals surface area contributed by atoms with E-state index in [0.29, 0.717) is 36.3 Å². The van der Waals surface area contributed by atoms with Crippen molar-refractivity contribution in [3.63, 3.8) is 0 Å². The average Bonchev–Trinajstić information content (AvgIpc) is 3.12. The molecule has 1 aliphatic heterocycles. The van der Waals surface area contributed by atoms with E-state index in [1.807, 2.05) is 54.6 Å². The van der Waals surface area contributed by atoms with Crippen LogP contribution in [0.2, 0.25) is 0 Å². The van der Waals surface area contributed by atoms with Crippen LogP contribution in [0.15, 0.2) is 59.5 Å². The zero-order chi connectivity index (χ0) is 21.3. The summed E-state index contributed by atoms with van der Waals surface area (Å²) in [6.45, 7) is 4.00. The Morgan fingerprint density at radius 1 is 1.03 bits per heavy atom. The first-order valence-electron chi connectivity index (χ1n) is 10.1. The Balaban J connectivity index is 1.53. The molecule has 0 spiro atoms. The number of piperidine rings is 1. The summed E-state index contributed by atoms with van der Waals surface area (Å²) in [4.78, 5) is 13.3. The van der Waals surface area contributed by atoms with Gasteiger partial charge in [0, 0.05) is 24.6 Å². The quantitative estimate of drug-likeness (QED) is 0.629. The van der Waals surface area contributed by atoms with Crippen LogP contribution in [-0.4, -0.2) is 41.8 Å². The van der Waals surface area contributed by atoms with Gasteiger partial charge in [0.25, 0.3) is 0 Å². The van der Waals surface area contributed by atoms with E-state index in [-0.39, 0.29) is 23.1 Å². The molecule has 0 radical (unpaired) electrons.